The highest BCUT2D eigenvalue weighted by atomic mass is 79.9. The number of halogens is 6. The third kappa shape index (κ3) is 9.06. The quantitative estimate of drug-likeness (QED) is 0.137. The number of anilines is 1. The van der Waals surface area contributed by atoms with Crippen molar-refractivity contribution in [3.05, 3.63) is 114 Å². The van der Waals surface area contributed by atoms with Crippen molar-refractivity contribution in [2.24, 2.45) is 7.05 Å². The van der Waals surface area contributed by atoms with E-state index in [1.165, 1.54) is 6.20 Å². The van der Waals surface area contributed by atoms with E-state index in [0.717, 1.165) is 40.7 Å². The number of rotatable bonds is 11. The van der Waals surface area contributed by atoms with E-state index in [4.69, 9.17) is 9.47 Å². The molecule has 1 fully saturated rings. The molecule has 5 aromatic rings. The number of carbonyl (C=O) groups is 2. The van der Waals surface area contributed by atoms with Gasteiger partial charge in [-0.2, -0.15) is 13.2 Å². The molecule has 0 saturated carbocycles. The average Bonchev–Trinajstić information content (AvgIpc) is 3.46. The Morgan fingerprint density at radius 3 is 2.15 bits per heavy atom. The lowest BCUT2D eigenvalue weighted by molar-refractivity contribution is -0.137. The van der Waals surface area contributed by atoms with Gasteiger partial charge in [-0.05, 0) is 72.3 Å². The molecule has 0 unspecified atom stereocenters. The largest absolute Gasteiger partial charge is 0.485 e. The van der Waals surface area contributed by atoms with Crippen molar-refractivity contribution in [1.29, 1.82) is 0 Å². The lowest BCUT2D eigenvalue weighted by atomic mass is 10.1. The SMILES string of the molecule is Br.Cn1c(C(=O)N2CCN(Cc3ccc(OC(CF)CF)cc3)CC2)cc2cc(Oc3ccc(NC(=O)c4ccc(C(F)(F)F)cc4)cn3)ccc21. The van der Waals surface area contributed by atoms with Crippen molar-refractivity contribution in [3.8, 4) is 17.4 Å². The number of nitrogens with zero attached hydrogens (tertiary/aromatic N) is 4. The Labute approximate surface area is 306 Å². The third-order valence-corrected chi connectivity index (χ3v) is 8.56. The van der Waals surface area contributed by atoms with Crippen LogP contribution in [0.1, 0.15) is 32.0 Å². The van der Waals surface area contributed by atoms with Gasteiger partial charge in [0.15, 0.2) is 6.10 Å². The average molecular weight is 789 g/mol. The van der Waals surface area contributed by atoms with Crippen LogP contribution in [0.4, 0.5) is 27.6 Å². The Kier molecular flexibility index (Phi) is 12.2. The van der Waals surface area contributed by atoms with Crippen LogP contribution in [0.25, 0.3) is 10.9 Å². The summed E-state index contributed by atoms with van der Waals surface area (Å²) in [6, 6.07) is 21.4. The maximum Gasteiger partial charge on any atom is 0.416 e. The van der Waals surface area contributed by atoms with Crippen LogP contribution < -0.4 is 14.8 Å². The topological polar surface area (TPSA) is 88.9 Å². The molecule has 0 bridgehead atoms. The molecule has 2 amide bonds. The number of alkyl halides is 5. The summed E-state index contributed by atoms with van der Waals surface area (Å²) in [7, 11) is 1.84. The molecule has 1 N–H and O–H groups in total. The van der Waals surface area contributed by atoms with Crippen LogP contribution in [-0.4, -0.2) is 76.8 Å². The van der Waals surface area contributed by atoms with Gasteiger partial charge in [0.1, 0.15) is 30.5 Å². The first-order valence-corrected chi connectivity index (χ1v) is 16.1. The normalized spacial score (nSPS) is 13.6. The maximum absolute atomic E-state index is 13.6. The van der Waals surface area contributed by atoms with Crippen molar-refractivity contribution >= 4 is 45.4 Å². The molecule has 52 heavy (non-hydrogen) atoms. The first kappa shape index (κ1) is 38.2. The predicted octanol–water partition coefficient (Wildman–Crippen LogP) is 7.86. The molecule has 6 rings (SSSR count). The number of piperazine rings is 1. The number of fused-ring (bicyclic) bond motifs is 1. The minimum atomic E-state index is -4.49. The molecule has 0 aliphatic carbocycles. The zero-order chi connectivity index (χ0) is 36.1. The number of nitrogens with one attached hydrogen (secondary N) is 1. The number of pyridine rings is 1. The van der Waals surface area contributed by atoms with Crippen molar-refractivity contribution in [2.75, 3.05) is 44.8 Å². The Bertz CT molecular complexity index is 1980. The molecule has 0 radical (unpaired) electrons. The highest BCUT2D eigenvalue weighted by Crippen LogP contribution is 2.30. The lowest BCUT2D eigenvalue weighted by Gasteiger charge is -2.34. The fraction of sp³-hybridized carbons (Fsp3) is 0.270. The van der Waals surface area contributed by atoms with Crippen LogP contribution in [0, 0.1) is 0 Å². The molecule has 1 aliphatic heterocycles. The molecule has 1 saturated heterocycles. The summed E-state index contributed by atoms with van der Waals surface area (Å²) in [6.07, 6.45) is -4.21. The highest BCUT2D eigenvalue weighted by molar-refractivity contribution is 8.93. The molecule has 274 valence electrons. The summed E-state index contributed by atoms with van der Waals surface area (Å²) in [6.45, 7) is 1.36. The van der Waals surface area contributed by atoms with E-state index < -0.39 is 37.1 Å². The van der Waals surface area contributed by atoms with Crippen molar-refractivity contribution in [3.63, 3.8) is 0 Å². The molecular weight excluding hydrogens is 753 g/mol. The number of amides is 2. The number of aryl methyl sites for hydroxylation is 1. The van der Waals surface area contributed by atoms with E-state index >= 15 is 0 Å². The van der Waals surface area contributed by atoms with Crippen molar-refractivity contribution in [1.82, 2.24) is 19.4 Å². The van der Waals surface area contributed by atoms with E-state index in [1.807, 2.05) is 40.8 Å². The molecular formula is C37H35BrF5N5O4. The maximum atomic E-state index is 13.6. The van der Waals surface area contributed by atoms with Gasteiger partial charge < -0.3 is 24.3 Å². The molecule has 0 spiro atoms. The Morgan fingerprint density at radius 2 is 1.54 bits per heavy atom. The Hall–Kier alpha value is -5.02. The van der Waals surface area contributed by atoms with Crippen molar-refractivity contribution in [2.45, 2.75) is 18.8 Å². The molecule has 1 aliphatic rings. The number of benzene rings is 3. The fourth-order valence-corrected chi connectivity index (χ4v) is 5.74. The van der Waals surface area contributed by atoms with E-state index in [2.05, 4.69) is 15.2 Å². The van der Waals surface area contributed by atoms with Gasteiger partial charge in [0, 0.05) is 62.3 Å². The van der Waals surface area contributed by atoms with Gasteiger partial charge in [-0.15, -0.1) is 17.0 Å². The highest BCUT2D eigenvalue weighted by Gasteiger charge is 2.30. The van der Waals surface area contributed by atoms with E-state index in [0.29, 0.717) is 55.6 Å². The number of hydrogen-bond donors (Lipinski definition) is 1. The number of aromatic nitrogens is 2. The first-order chi connectivity index (χ1) is 24.5. The van der Waals surface area contributed by atoms with Gasteiger partial charge >= 0.3 is 6.18 Å². The van der Waals surface area contributed by atoms with Gasteiger partial charge in [0.05, 0.1) is 17.4 Å². The molecule has 0 atom stereocenters. The van der Waals surface area contributed by atoms with Crippen LogP contribution in [0.15, 0.2) is 91.1 Å². The van der Waals surface area contributed by atoms with Gasteiger partial charge in [-0.1, -0.05) is 12.1 Å². The van der Waals surface area contributed by atoms with Crippen LogP contribution in [0.3, 0.4) is 0 Å². The molecule has 15 heteroatoms. The number of ether oxygens (including phenoxy) is 2. The Morgan fingerprint density at radius 1 is 0.865 bits per heavy atom. The Balaban J connectivity index is 0.00000523. The van der Waals surface area contributed by atoms with Crippen LogP contribution >= 0.6 is 17.0 Å². The predicted molar refractivity (Wildman–Crippen MR) is 191 cm³/mol. The van der Waals surface area contributed by atoms with Gasteiger partial charge in [-0.25, -0.2) is 13.8 Å². The summed E-state index contributed by atoms with van der Waals surface area (Å²) in [5, 5.41) is 3.40. The third-order valence-electron chi connectivity index (χ3n) is 8.56. The minimum absolute atomic E-state index is 0. The zero-order valence-corrected chi connectivity index (χ0v) is 29.6. The smallest absolute Gasteiger partial charge is 0.416 e. The monoisotopic (exact) mass is 787 g/mol. The molecule has 9 nitrogen and oxygen atoms in total. The van der Waals surface area contributed by atoms with E-state index in [1.54, 1.807) is 36.4 Å². The van der Waals surface area contributed by atoms with Crippen molar-refractivity contribution < 1.29 is 41.0 Å². The second-order valence-electron chi connectivity index (χ2n) is 12.1. The van der Waals surface area contributed by atoms with Gasteiger partial charge in [-0.3, -0.25) is 14.5 Å². The van der Waals surface area contributed by atoms with Crippen LogP contribution in [-0.2, 0) is 19.8 Å². The fourth-order valence-electron chi connectivity index (χ4n) is 5.74. The molecule has 3 heterocycles. The van der Waals surface area contributed by atoms with E-state index in [-0.39, 0.29) is 34.3 Å². The summed E-state index contributed by atoms with van der Waals surface area (Å²) in [5.74, 6) is 0.488. The lowest BCUT2D eigenvalue weighted by Crippen LogP contribution is -2.48. The molecule has 3 aromatic carbocycles. The molecule has 2 aromatic heterocycles. The first-order valence-electron chi connectivity index (χ1n) is 16.1. The van der Waals surface area contributed by atoms with Gasteiger partial charge in [0.2, 0.25) is 5.88 Å². The van der Waals surface area contributed by atoms with Crippen LogP contribution in [0.2, 0.25) is 0 Å². The minimum Gasteiger partial charge on any atom is -0.485 e. The summed E-state index contributed by atoms with van der Waals surface area (Å²) < 4.78 is 77.0. The number of carbonyl (C=O) groups excluding carboxylic acids is 2. The zero-order valence-electron chi connectivity index (χ0n) is 27.9. The number of hydrogen-bond acceptors (Lipinski definition) is 6. The standard InChI is InChI=1S/C37H34F5N5O4.BrH/c1-45-32-12-11-30(51-34-13-8-28(22-43-34)44-35(48)25-4-6-27(7-5-25)37(40,41)42)18-26(32)19-33(45)36(49)47-16-14-46(15-17-47)23-24-2-9-29(10-3-24)50-31(20-38)21-39;/h2-13,18-19,22,31H,14-17,20-21,23H2,1H3,(H,44,48);1H. The van der Waals surface area contributed by atoms with E-state index in [9.17, 15) is 31.5 Å². The second-order valence-corrected chi connectivity index (χ2v) is 12.1. The van der Waals surface area contributed by atoms with Gasteiger partial charge in [0.25, 0.3) is 11.8 Å². The second kappa shape index (κ2) is 16.5. The van der Waals surface area contributed by atoms with Crippen LogP contribution in [0.5, 0.6) is 17.4 Å². The summed E-state index contributed by atoms with van der Waals surface area (Å²) >= 11 is 0. The summed E-state index contributed by atoms with van der Waals surface area (Å²) in [5.41, 5.74) is 1.97. The summed E-state index contributed by atoms with van der Waals surface area (Å²) in [4.78, 5) is 34.3.